The van der Waals surface area contributed by atoms with Crippen molar-refractivity contribution in [2.75, 3.05) is 30.0 Å². The number of hydrogen-bond donors (Lipinski definition) is 3. The first-order valence-corrected chi connectivity index (χ1v) is 13.8. The Kier molecular flexibility index (Phi) is 5.95. The molecule has 0 aliphatic carbocycles. The monoisotopic (exact) mass is 463 g/mol. The molecule has 0 bridgehead atoms. The molecule has 5 nitrogen and oxygen atoms in total. The van der Waals surface area contributed by atoms with Crippen molar-refractivity contribution in [2.45, 2.75) is 25.3 Å². The van der Waals surface area contributed by atoms with Gasteiger partial charge in [0.05, 0.1) is 0 Å². The average molecular weight is 464 g/mol. The number of aromatic nitrogens is 2. The lowest BCUT2D eigenvalue weighted by Gasteiger charge is -2.35. The summed E-state index contributed by atoms with van der Waals surface area (Å²) in [4.78, 5) is 8.06. The predicted molar refractivity (Wildman–Crippen MR) is 137 cm³/mol. The van der Waals surface area contributed by atoms with Crippen LogP contribution in [0.4, 0.5) is 10.2 Å². The molecule has 3 aromatic rings. The molecule has 7 heteroatoms. The second-order valence-electron chi connectivity index (χ2n) is 9.18. The molecule has 172 valence electrons. The van der Waals surface area contributed by atoms with Gasteiger partial charge in [-0.1, -0.05) is 18.2 Å². The lowest BCUT2D eigenvalue weighted by molar-refractivity contribution is 0.584. The van der Waals surface area contributed by atoms with Gasteiger partial charge in [0.15, 0.2) is 0 Å². The van der Waals surface area contributed by atoms with Crippen LogP contribution in [0, 0.1) is 5.95 Å². The zero-order chi connectivity index (χ0) is 23.0. The Hall–Kier alpha value is -2.74. The van der Waals surface area contributed by atoms with E-state index in [4.69, 9.17) is 10.9 Å². The Bertz CT molecular complexity index is 1220. The molecular weight excluding hydrogens is 433 g/mol. The summed E-state index contributed by atoms with van der Waals surface area (Å²) in [6.45, 7) is 1.04. The smallest absolute Gasteiger partial charge is 0.213 e. The molecule has 2 aromatic heterocycles. The van der Waals surface area contributed by atoms with Crippen LogP contribution in [-0.4, -0.2) is 34.3 Å². The van der Waals surface area contributed by atoms with Gasteiger partial charge >= 0.3 is 0 Å². The number of rotatable bonds is 4. The number of benzene rings is 1. The summed E-state index contributed by atoms with van der Waals surface area (Å²) >= 11 is 0. The van der Waals surface area contributed by atoms with Gasteiger partial charge < -0.3 is 11.1 Å². The molecule has 0 radical (unpaired) electrons. The van der Waals surface area contributed by atoms with E-state index in [9.17, 15) is 4.39 Å². The summed E-state index contributed by atoms with van der Waals surface area (Å²) in [5.74, 6) is 1.90. The fourth-order valence-corrected chi connectivity index (χ4v) is 6.21. The minimum atomic E-state index is -0.988. The van der Waals surface area contributed by atoms with Gasteiger partial charge in [0.2, 0.25) is 5.95 Å². The minimum Gasteiger partial charge on any atom is -0.383 e. The maximum absolute atomic E-state index is 13.7. The zero-order valence-corrected chi connectivity index (χ0v) is 19.7. The van der Waals surface area contributed by atoms with Crippen LogP contribution in [0.15, 0.2) is 54.9 Å². The highest BCUT2D eigenvalue weighted by Gasteiger charge is 2.24. The van der Waals surface area contributed by atoms with E-state index in [1.54, 1.807) is 12.3 Å². The summed E-state index contributed by atoms with van der Waals surface area (Å²) in [7, 11) is -0.988. The van der Waals surface area contributed by atoms with E-state index in [0.29, 0.717) is 23.0 Å². The quantitative estimate of drug-likeness (QED) is 0.471. The molecule has 5 rings (SSSR count). The molecule has 4 heterocycles. The van der Waals surface area contributed by atoms with Crippen LogP contribution < -0.4 is 16.2 Å². The normalized spacial score (nSPS) is 24.8. The summed E-state index contributed by atoms with van der Waals surface area (Å²) in [5.41, 5.74) is 13.6. The first-order valence-electron chi connectivity index (χ1n) is 11.4. The molecule has 0 saturated carbocycles. The largest absolute Gasteiger partial charge is 0.383 e. The van der Waals surface area contributed by atoms with Gasteiger partial charge in [0, 0.05) is 41.4 Å². The van der Waals surface area contributed by atoms with E-state index in [2.05, 4.69) is 45.8 Å². The zero-order valence-electron chi connectivity index (χ0n) is 18.9. The first-order chi connectivity index (χ1) is 15.9. The minimum absolute atomic E-state index is 0.342. The summed E-state index contributed by atoms with van der Waals surface area (Å²) in [6.07, 6.45) is 11.1. The number of nitrogens with two attached hydrogens (primary N) is 2. The standard InChI is InChI=1S/C26H30FN5S/c1-33(29)11-7-17(8-12-33)21-5-4-18(13-23(21)24-3-2-9-30-24)20-14-22(26(28)32-16-20)19-6-10-31-25(27)15-19/h4-7,10,13-16,24,30H,2-3,8-9,11-12,29H2,1H3,(H2,28,32). The summed E-state index contributed by atoms with van der Waals surface area (Å²) in [5, 5.41) is 10.1. The molecule has 2 unspecified atom stereocenters. The van der Waals surface area contributed by atoms with Gasteiger partial charge in [-0.15, -0.1) is 0 Å². The maximum atomic E-state index is 13.7. The van der Waals surface area contributed by atoms with Crippen molar-refractivity contribution in [1.29, 1.82) is 0 Å². The topological polar surface area (TPSA) is 89.8 Å². The lowest BCUT2D eigenvalue weighted by atomic mass is 9.89. The van der Waals surface area contributed by atoms with Crippen LogP contribution >= 0.6 is 10.2 Å². The van der Waals surface area contributed by atoms with Crippen LogP contribution in [0.3, 0.4) is 0 Å². The van der Waals surface area contributed by atoms with Crippen LogP contribution in [0.5, 0.6) is 0 Å². The Labute approximate surface area is 196 Å². The third kappa shape index (κ3) is 4.67. The average Bonchev–Trinajstić information content (AvgIpc) is 3.34. The Morgan fingerprint density at radius 3 is 2.67 bits per heavy atom. The van der Waals surface area contributed by atoms with Gasteiger partial charge in [0.25, 0.3) is 0 Å². The van der Waals surface area contributed by atoms with E-state index in [1.165, 1.54) is 35.4 Å². The fraction of sp³-hybridized carbons (Fsp3) is 0.308. The highest BCUT2D eigenvalue weighted by molar-refractivity contribution is 8.31. The molecule has 1 fully saturated rings. The number of anilines is 1. The highest BCUT2D eigenvalue weighted by Crippen LogP contribution is 2.44. The van der Waals surface area contributed by atoms with E-state index in [1.807, 2.05) is 6.07 Å². The van der Waals surface area contributed by atoms with Crippen molar-refractivity contribution in [1.82, 2.24) is 15.3 Å². The van der Waals surface area contributed by atoms with Gasteiger partial charge in [0.1, 0.15) is 5.82 Å². The molecule has 33 heavy (non-hydrogen) atoms. The van der Waals surface area contributed by atoms with Gasteiger partial charge in [-0.25, -0.2) is 9.97 Å². The molecule has 2 aliphatic rings. The first kappa shape index (κ1) is 22.1. The third-order valence-corrected chi connectivity index (χ3v) is 8.74. The molecular formula is C26H30FN5S. The van der Waals surface area contributed by atoms with Gasteiger partial charge in [-0.3, -0.25) is 5.14 Å². The Morgan fingerprint density at radius 1 is 1.06 bits per heavy atom. The summed E-state index contributed by atoms with van der Waals surface area (Å²) < 4.78 is 13.7. The van der Waals surface area contributed by atoms with Crippen LogP contribution in [0.25, 0.3) is 27.8 Å². The molecule has 0 spiro atoms. The Balaban J connectivity index is 1.56. The molecule has 2 atom stereocenters. The number of nitrogens with one attached hydrogen (secondary N) is 1. The molecule has 1 saturated heterocycles. The van der Waals surface area contributed by atoms with Crippen molar-refractivity contribution >= 4 is 21.6 Å². The van der Waals surface area contributed by atoms with Crippen molar-refractivity contribution in [2.24, 2.45) is 5.14 Å². The highest BCUT2D eigenvalue weighted by atomic mass is 32.3. The molecule has 1 aromatic carbocycles. The summed E-state index contributed by atoms with van der Waals surface area (Å²) in [6, 6.07) is 12.1. The van der Waals surface area contributed by atoms with E-state index < -0.39 is 16.2 Å². The van der Waals surface area contributed by atoms with Crippen molar-refractivity contribution in [3.05, 3.63) is 71.9 Å². The van der Waals surface area contributed by atoms with E-state index >= 15 is 0 Å². The molecule has 2 aliphatic heterocycles. The van der Waals surface area contributed by atoms with E-state index in [-0.39, 0.29) is 0 Å². The van der Waals surface area contributed by atoms with Gasteiger partial charge in [-0.2, -0.15) is 14.6 Å². The molecule has 5 N–H and O–H groups in total. The lowest BCUT2D eigenvalue weighted by Crippen LogP contribution is -2.21. The fourth-order valence-electron chi connectivity index (χ4n) is 4.77. The van der Waals surface area contributed by atoms with Crippen LogP contribution in [0.2, 0.25) is 0 Å². The van der Waals surface area contributed by atoms with Crippen molar-refractivity contribution in [3.8, 4) is 22.3 Å². The number of hydrogen-bond acceptors (Lipinski definition) is 5. The Morgan fingerprint density at radius 2 is 1.94 bits per heavy atom. The number of pyridine rings is 2. The van der Waals surface area contributed by atoms with Crippen molar-refractivity contribution < 1.29 is 4.39 Å². The number of halogens is 1. The van der Waals surface area contributed by atoms with Gasteiger partial charge in [-0.05, 0) is 83.8 Å². The number of allylic oxidation sites excluding steroid dienone is 1. The number of nitrogens with zero attached hydrogens (tertiary/aromatic N) is 2. The van der Waals surface area contributed by atoms with Crippen molar-refractivity contribution in [3.63, 3.8) is 0 Å². The van der Waals surface area contributed by atoms with Crippen LogP contribution in [-0.2, 0) is 0 Å². The predicted octanol–water partition coefficient (Wildman–Crippen LogP) is 5.05. The van der Waals surface area contributed by atoms with Crippen LogP contribution in [0.1, 0.15) is 36.4 Å². The van der Waals surface area contributed by atoms with E-state index in [0.717, 1.165) is 42.0 Å². The number of nitrogen functional groups attached to an aromatic ring is 1. The molecule has 0 amide bonds. The maximum Gasteiger partial charge on any atom is 0.213 e. The second kappa shape index (κ2) is 8.89. The third-order valence-electron chi connectivity index (χ3n) is 6.67. The second-order valence-corrected chi connectivity index (χ2v) is 12.6. The SMILES string of the molecule is CS1(N)CC=C(c2ccc(-c3cnc(N)c(-c4ccnc(F)c4)c3)cc2C2CCCN2)CC1.